The van der Waals surface area contributed by atoms with Crippen LogP contribution >= 0.6 is 0 Å². The lowest BCUT2D eigenvalue weighted by molar-refractivity contribution is -0.133. The van der Waals surface area contributed by atoms with Crippen LogP contribution in [0.2, 0.25) is 26.2 Å². The molecule has 3 nitrogen and oxygen atoms in total. The molecule has 0 spiro atoms. The molecule has 0 aromatic rings. The van der Waals surface area contributed by atoms with E-state index in [4.69, 9.17) is 8.85 Å². The Balaban J connectivity index is 6.55. The van der Waals surface area contributed by atoms with Crippen LogP contribution in [0, 0.1) is 16.2 Å². The van der Waals surface area contributed by atoms with Gasteiger partial charge in [-0.15, -0.1) is 6.58 Å². The Morgan fingerprint density at radius 1 is 0.920 bits per heavy atom. The van der Waals surface area contributed by atoms with Crippen molar-refractivity contribution in [2.75, 3.05) is 0 Å². The number of carbonyl (C=O) groups is 1. The second-order valence-corrected chi connectivity index (χ2v) is 13.8. The van der Waals surface area contributed by atoms with Gasteiger partial charge in [-0.1, -0.05) is 47.6 Å². The Labute approximate surface area is 160 Å². The van der Waals surface area contributed by atoms with Crippen LogP contribution in [0.3, 0.4) is 0 Å². The van der Waals surface area contributed by atoms with Crippen molar-refractivity contribution in [3.05, 3.63) is 12.7 Å². The van der Waals surface area contributed by atoms with Gasteiger partial charge in [0.25, 0.3) is 0 Å². The monoisotopic (exact) mass is 384 g/mol. The van der Waals surface area contributed by atoms with E-state index in [1.807, 2.05) is 6.08 Å². The number of Topliss-reactive ketones (excluding diaryl/α,β-unsaturated/α-hetero) is 1. The summed E-state index contributed by atoms with van der Waals surface area (Å²) in [5.41, 5.74) is -0.814. The third-order valence-electron chi connectivity index (χ3n) is 4.19. The van der Waals surface area contributed by atoms with Gasteiger partial charge in [0.05, 0.1) is 12.2 Å². The van der Waals surface area contributed by atoms with E-state index in [-0.39, 0.29) is 28.8 Å². The molecule has 0 aromatic heterocycles. The Hall–Kier alpha value is -0.236. The smallest absolute Gasteiger partial charge is 0.205 e. The third kappa shape index (κ3) is 7.12. The van der Waals surface area contributed by atoms with Gasteiger partial charge in [-0.05, 0) is 43.9 Å². The van der Waals surface area contributed by atoms with Gasteiger partial charge in [0.15, 0.2) is 0 Å². The van der Waals surface area contributed by atoms with E-state index in [1.165, 1.54) is 0 Å². The maximum absolute atomic E-state index is 12.3. The number of carbonyl (C=O) groups excluding carboxylic acids is 1. The van der Waals surface area contributed by atoms with Crippen molar-refractivity contribution in [1.82, 2.24) is 0 Å². The lowest BCUT2D eigenvalue weighted by Crippen LogP contribution is -2.58. The van der Waals surface area contributed by atoms with Crippen LogP contribution in [0.15, 0.2) is 12.7 Å². The summed E-state index contributed by atoms with van der Waals surface area (Å²) in [6.45, 7) is 27.5. The first-order valence-electron chi connectivity index (χ1n) is 9.14. The largest absolute Gasteiger partial charge is 0.413 e. The van der Waals surface area contributed by atoms with Gasteiger partial charge >= 0.3 is 0 Å². The normalized spacial score (nSPS) is 18.1. The molecule has 0 aromatic carbocycles. The first kappa shape index (κ1) is 24.8. The average Bonchev–Trinajstić information content (AvgIpc) is 2.37. The van der Waals surface area contributed by atoms with Crippen molar-refractivity contribution in [1.29, 1.82) is 0 Å². The molecule has 2 radical (unpaired) electrons. The van der Waals surface area contributed by atoms with E-state index < -0.39 is 23.5 Å². The van der Waals surface area contributed by atoms with Crippen LogP contribution in [-0.4, -0.2) is 36.1 Å². The summed E-state index contributed by atoms with van der Waals surface area (Å²) >= 11 is 0. The third-order valence-corrected chi connectivity index (χ3v) is 5.61. The molecular formula is C20H40O3Si2. The minimum absolute atomic E-state index is 0.129. The first-order valence-corrected chi connectivity index (χ1v) is 14.0. The fourth-order valence-corrected chi connectivity index (χ4v) is 5.79. The summed E-state index contributed by atoms with van der Waals surface area (Å²) in [6.07, 6.45) is 2.09. The topological polar surface area (TPSA) is 35.5 Å². The maximum atomic E-state index is 12.3. The second-order valence-electron chi connectivity index (χ2n) is 9.74. The summed E-state index contributed by atoms with van der Waals surface area (Å²) in [5.74, 6) is 0.151. The van der Waals surface area contributed by atoms with E-state index in [0.29, 0.717) is 6.42 Å². The van der Waals surface area contributed by atoms with Crippen molar-refractivity contribution < 1.29 is 13.6 Å². The van der Waals surface area contributed by atoms with E-state index >= 15 is 0 Å². The zero-order valence-electron chi connectivity index (χ0n) is 18.4. The van der Waals surface area contributed by atoms with E-state index in [1.54, 1.807) is 6.92 Å². The van der Waals surface area contributed by atoms with Crippen LogP contribution in [0.5, 0.6) is 0 Å². The maximum Gasteiger partial charge on any atom is 0.205 e. The van der Waals surface area contributed by atoms with Crippen molar-refractivity contribution in [3.63, 3.8) is 0 Å². The molecular weight excluding hydrogens is 344 g/mol. The minimum atomic E-state index is -0.955. The standard InChI is InChI=1S/C20H40O3Si2/c1-13-20(14-15(2)21,16(18(3,4)5)22-24(9)10)17(19(6,7)8)23-25(11)12/h13,16-17H,1,14H2,2-12H3. The van der Waals surface area contributed by atoms with E-state index in [9.17, 15) is 4.79 Å². The van der Waals surface area contributed by atoms with Crippen molar-refractivity contribution in [3.8, 4) is 0 Å². The predicted octanol–water partition coefficient (Wildman–Crippen LogP) is 5.50. The van der Waals surface area contributed by atoms with Crippen LogP contribution < -0.4 is 0 Å². The lowest BCUT2D eigenvalue weighted by atomic mass is 9.60. The Morgan fingerprint density at radius 2 is 1.24 bits per heavy atom. The van der Waals surface area contributed by atoms with Crippen LogP contribution in [-0.2, 0) is 13.6 Å². The Bertz CT molecular complexity index is 417. The van der Waals surface area contributed by atoms with Crippen LogP contribution in [0.4, 0.5) is 0 Å². The van der Waals surface area contributed by atoms with Crippen molar-refractivity contribution in [2.24, 2.45) is 16.2 Å². The van der Waals surface area contributed by atoms with Gasteiger partial charge in [0.1, 0.15) is 5.78 Å². The number of hydrogen-bond acceptors (Lipinski definition) is 3. The molecule has 0 aliphatic heterocycles. The molecule has 0 bridgehead atoms. The van der Waals surface area contributed by atoms with Gasteiger partial charge in [-0.2, -0.15) is 0 Å². The molecule has 2 unspecified atom stereocenters. The molecule has 0 saturated carbocycles. The molecule has 0 heterocycles. The highest BCUT2D eigenvalue weighted by Gasteiger charge is 2.53. The predicted molar refractivity (Wildman–Crippen MR) is 112 cm³/mol. The van der Waals surface area contributed by atoms with Gasteiger partial charge in [0, 0.05) is 11.8 Å². The molecule has 0 aliphatic carbocycles. The molecule has 0 amide bonds. The number of hydrogen-bond donors (Lipinski definition) is 0. The molecule has 0 N–H and O–H groups in total. The molecule has 25 heavy (non-hydrogen) atoms. The van der Waals surface area contributed by atoms with E-state index in [2.05, 4.69) is 74.3 Å². The average molecular weight is 385 g/mol. The fourth-order valence-electron chi connectivity index (χ4n) is 3.70. The molecule has 0 saturated heterocycles. The van der Waals surface area contributed by atoms with Gasteiger partial charge in [-0.25, -0.2) is 0 Å². The van der Waals surface area contributed by atoms with Crippen LogP contribution in [0.25, 0.3) is 0 Å². The summed E-state index contributed by atoms with van der Waals surface area (Å²) < 4.78 is 13.1. The Morgan fingerprint density at radius 3 is 1.40 bits per heavy atom. The summed E-state index contributed by atoms with van der Waals surface area (Å²) in [6, 6.07) is 0. The van der Waals surface area contributed by atoms with Gasteiger partial charge in [-0.3, -0.25) is 4.79 Å². The molecule has 5 heteroatoms. The molecule has 0 rings (SSSR count). The van der Waals surface area contributed by atoms with Gasteiger partial charge < -0.3 is 8.85 Å². The number of rotatable bonds is 9. The SMILES string of the molecule is C=CC(CC(C)=O)(C(O[Si](C)C)C(C)(C)C)C(O[Si](C)C)C(C)(C)C. The second kappa shape index (κ2) is 9.11. The Kier molecular flexibility index (Phi) is 9.02. The molecule has 146 valence electrons. The van der Waals surface area contributed by atoms with Crippen LogP contribution in [0.1, 0.15) is 54.9 Å². The highest BCUT2D eigenvalue weighted by Crippen LogP contribution is 2.49. The minimum Gasteiger partial charge on any atom is -0.413 e. The quantitative estimate of drug-likeness (QED) is 0.389. The molecule has 0 aliphatic rings. The zero-order valence-corrected chi connectivity index (χ0v) is 20.4. The lowest BCUT2D eigenvalue weighted by Gasteiger charge is -2.53. The summed E-state index contributed by atoms with van der Waals surface area (Å²) in [4.78, 5) is 12.3. The van der Waals surface area contributed by atoms with Crippen molar-refractivity contribution >= 4 is 23.9 Å². The zero-order chi connectivity index (χ0) is 20.2. The molecule has 2 atom stereocenters. The fraction of sp³-hybridized carbons (Fsp3) is 0.850. The number of ketones is 1. The highest BCUT2D eigenvalue weighted by molar-refractivity contribution is 6.48. The first-order chi connectivity index (χ1) is 11.1. The molecule has 0 fully saturated rings. The van der Waals surface area contributed by atoms with E-state index in [0.717, 1.165) is 0 Å². The highest BCUT2D eigenvalue weighted by atomic mass is 28.3. The summed E-state index contributed by atoms with van der Waals surface area (Å²) in [7, 11) is -1.91. The van der Waals surface area contributed by atoms with Crippen molar-refractivity contribution in [2.45, 2.75) is 93.3 Å². The summed E-state index contributed by atoms with van der Waals surface area (Å²) in [5, 5.41) is 0. The van der Waals surface area contributed by atoms with Gasteiger partial charge in [0.2, 0.25) is 18.1 Å².